The molecule has 4 nitrogen and oxygen atoms in total. The van der Waals surface area contributed by atoms with Crippen molar-refractivity contribution in [2.75, 3.05) is 18.8 Å². The summed E-state index contributed by atoms with van der Waals surface area (Å²) in [4.78, 5) is 0. The Labute approximate surface area is 118 Å². The Bertz CT molecular complexity index is 360. The van der Waals surface area contributed by atoms with Gasteiger partial charge in [-0.15, -0.1) is 0 Å². The van der Waals surface area contributed by atoms with Gasteiger partial charge in [0.1, 0.15) is 0 Å². The van der Waals surface area contributed by atoms with E-state index in [0.717, 1.165) is 38.3 Å². The lowest BCUT2D eigenvalue weighted by Crippen LogP contribution is -2.40. The molecular formula is C14H28N2O2S. The van der Waals surface area contributed by atoms with Gasteiger partial charge in [-0.2, -0.15) is 4.31 Å². The standard InChI is InChI=1S/C14H28N2O2S/c1-2-16(14-7-3-4-8-14)19(17,18)12-6-5-11-15-13-9-10-13/h13-15H,2-12H2,1H3. The molecule has 0 bridgehead atoms. The highest BCUT2D eigenvalue weighted by molar-refractivity contribution is 7.89. The summed E-state index contributed by atoms with van der Waals surface area (Å²) in [5.74, 6) is 0.323. The molecule has 0 aromatic rings. The van der Waals surface area contributed by atoms with Crippen LogP contribution in [0.25, 0.3) is 0 Å². The van der Waals surface area contributed by atoms with Crippen LogP contribution >= 0.6 is 0 Å². The van der Waals surface area contributed by atoms with Crippen LogP contribution in [-0.2, 0) is 10.0 Å². The fourth-order valence-electron chi connectivity index (χ4n) is 2.99. The number of hydrogen-bond acceptors (Lipinski definition) is 3. The molecule has 0 radical (unpaired) electrons. The van der Waals surface area contributed by atoms with Gasteiger partial charge in [0, 0.05) is 18.6 Å². The average molecular weight is 288 g/mol. The van der Waals surface area contributed by atoms with Crippen LogP contribution in [0.3, 0.4) is 0 Å². The molecular weight excluding hydrogens is 260 g/mol. The van der Waals surface area contributed by atoms with Crippen molar-refractivity contribution in [3.05, 3.63) is 0 Å². The number of hydrogen-bond donors (Lipinski definition) is 1. The van der Waals surface area contributed by atoms with E-state index in [1.54, 1.807) is 4.31 Å². The molecule has 19 heavy (non-hydrogen) atoms. The van der Waals surface area contributed by atoms with Crippen molar-refractivity contribution in [2.24, 2.45) is 0 Å². The number of rotatable bonds is 9. The van der Waals surface area contributed by atoms with Gasteiger partial charge in [0.25, 0.3) is 0 Å². The van der Waals surface area contributed by atoms with Crippen LogP contribution < -0.4 is 5.32 Å². The predicted molar refractivity (Wildman–Crippen MR) is 78.7 cm³/mol. The largest absolute Gasteiger partial charge is 0.314 e. The summed E-state index contributed by atoms with van der Waals surface area (Å²) in [5, 5.41) is 3.43. The Morgan fingerprint density at radius 1 is 1.11 bits per heavy atom. The van der Waals surface area contributed by atoms with Gasteiger partial charge in [0.05, 0.1) is 5.75 Å². The third-order valence-corrected chi connectivity index (χ3v) is 6.32. The van der Waals surface area contributed by atoms with E-state index >= 15 is 0 Å². The first-order valence-electron chi connectivity index (χ1n) is 7.86. The van der Waals surface area contributed by atoms with Gasteiger partial charge in [-0.05, 0) is 45.1 Å². The number of nitrogens with one attached hydrogen (secondary N) is 1. The molecule has 0 atom stereocenters. The number of unbranched alkanes of at least 4 members (excludes halogenated alkanes) is 1. The molecule has 2 aliphatic rings. The molecule has 5 heteroatoms. The van der Waals surface area contributed by atoms with E-state index in [2.05, 4.69) is 5.32 Å². The second-order valence-corrected chi connectivity index (χ2v) is 7.93. The lowest BCUT2D eigenvalue weighted by atomic mass is 10.2. The van der Waals surface area contributed by atoms with Crippen LogP contribution in [0.4, 0.5) is 0 Å². The van der Waals surface area contributed by atoms with Crippen molar-refractivity contribution in [1.29, 1.82) is 0 Å². The molecule has 0 amide bonds. The topological polar surface area (TPSA) is 49.4 Å². The van der Waals surface area contributed by atoms with Gasteiger partial charge >= 0.3 is 0 Å². The van der Waals surface area contributed by atoms with Gasteiger partial charge < -0.3 is 5.32 Å². The summed E-state index contributed by atoms with van der Waals surface area (Å²) in [6, 6.07) is 1.00. The molecule has 0 aliphatic heterocycles. The van der Waals surface area contributed by atoms with E-state index in [4.69, 9.17) is 0 Å². The Kier molecular flexibility index (Phi) is 5.66. The molecule has 2 saturated carbocycles. The number of nitrogens with zero attached hydrogens (tertiary/aromatic N) is 1. The highest BCUT2D eigenvalue weighted by Gasteiger charge is 2.30. The molecule has 112 valence electrons. The summed E-state index contributed by atoms with van der Waals surface area (Å²) in [7, 11) is -3.04. The average Bonchev–Trinajstić information content (AvgIpc) is 3.04. The van der Waals surface area contributed by atoms with E-state index in [1.807, 2.05) is 6.92 Å². The smallest absolute Gasteiger partial charge is 0.214 e. The van der Waals surface area contributed by atoms with Gasteiger partial charge in [0.15, 0.2) is 0 Å². The Balaban J connectivity index is 1.71. The van der Waals surface area contributed by atoms with Gasteiger partial charge in [-0.3, -0.25) is 0 Å². The molecule has 2 rings (SSSR count). The van der Waals surface area contributed by atoms with E-state index in [0.29, 0.717) is 12.3 Å². The zero-order valence-electron chi connectivity index (χ0n) is 12.1. The summed E-state index contributed by atoms with van der Waals surface area (Å²) in [5.41, 5.74) is 0. The van der Waals surface area contributed by atoms with Crippen LogP contribution in [0.2, 0.25) is 0 Å². The van der Waals surface area contributed by atoms with Gasteiger partial charge in [-0.1, -0.05) is 19.8 Å². The molecule has 0 aromatic heterocycles. The second kappa shape index (κ2) is 7.04. The van der Waals surface area contributed by atoms with Gasteiger partial charge in [0.2, 0.25) is 10.0 Å². The molecule has 0 saturated heterocycles. The van der Waals surface area contributed by atoms with E-state index in [9.17, 15) is 8.42 Å². The minimum Gasteiger partial charge on any atom is -0.314 e. The molecule has 2 fully saturated rings. The highest BCUT2D eigenvalue weighted by atomic mass is 32.2. The zero-order valence-corrected chi connectivity index (χ0v) is 12.9. The lowest BCUT2D eigenvalue weighted by Gasteiger charge is -2.26. The summed E-state index contributed by atoms with van der Waals surface area (Å²) in [6.07, 6.45) is 8.81. The Hall–Kier alpha value is -0.130. The Morgan fingerprint density at radius 2 is 1.79 bits per heavy atom. The predicted octanol–water partition coefficient (Wildman–Crippen LogP) is 2.11. The monoisotopic (exact) mass is 288 g/mol. The maximum Gasteiger partial charge on any atom is 0.214 e. The van der Waals surface area contributed by atoms with Crippen molar-refractivity contribution >= 4 is 10.0 Å². The molecule has 0 heterocycles. The first kappa shape index (κ1) is 15.3. The molecule has 0 unspecified atom stereocenters. The number of sulfonamides is 1. The van der Waals surface area contributed by atoms with Crippen LogP contribution in [0.15, 0.2) is 0 Å². The van der Waals surface area contributed by atoms with Crippen LogP contribution in [0, 0.1) is 0 Å². The van der Waals surface area contributed by atoms with E-state index in [1.165, 1.54) is 25.7 Å². The second-order valence-electron chi connectivity index (χ2n) is 5.89. The first-order chi connectivity index (χ1) is 9.13. The van der Waals surface area contributed by atoms with Crippen LogP contribution in [0.1, 0.15) is 58.3 Å². The van der Waals surface area contributed by atoms with Gasteiger partial charge in [-0.25, -0.2) is 8.42 Å². The first-order valence-corrected chi connectivity index (χ1v) is 9.47. The highest BCUT2D eigenvalue weighted by Crippen LogP contribution is 2.26. The summed E-state index contributed by atoms with van der Waals surface area (Å²) in [6.45, 7) is 3.56. The Morgan fingerprint density at radius 3 is 2.37 bits per heavy atom. The zero-order chi connectivity index (χ0) is 13.7. The fraction of sp³-hybridized carbons (Fsp3) is 1.00. The molecule has 2 aliphatic carbocycles. The maximum atomic E-state index is 12.4. The van der Waals surface area contributed by atoms with E-state index < -0.39 is 10.0 Å². The van der Waals surface area contributed by atoms with Crippen molar-refractivity contribution in [3.8, 4) is 0 Å². The third kappa shape index (κ3) is 4.72. The molecule has 0 spiro atoms. The van der Waals surface area contributed by atoms with Crippen molar-refractivity contribution in [1.82, 2.24) is 9.62 Å². The molecule has 1 N–H and O–H groups in total. The normalized spacial score (nSPS) is 21.4. The SMILES string of the molecule is CCN(C1CCCC1)S(=O)(=O)CCCCNC1CC1. The fourth-order valence-corrected chi connectivity index (χ4v) is 4.86. The van der Waals surface area contributed by atoms with Crippen molar-refractivity contribution in [2.45, 2.75) is 70.4 Å². The summed E-state index contributed by atoms with van der Waals surface area (Å²) < 4.78 is 26.5. The molecule has 0 aromatic carbocycles. The van der Waals surface area contributed by atoms with Crippen molar-refractivity contribution in [3.63, 3.8) is 0 Å². The van der Waals surface area contributed by atoms with E-state index in [-0.39, 0.29) is 6.04 Å². The lowest BCUT2D eigenvalue weighted by molar-refractivity contribution is 0.335. The minimum atomic E-state index is -3.04. The van der Waals surface area contributed by atoms with Crippen LogP contribution in [0.5, 0.6) is 0 Å². The third-order valence-electron chi connectivity index (χ3n) is 4.24. The maximum absolute atomic E-state index is 12.4. The van der Waals surface area contributed by atoms with Crippen molar-refractivity contribution < 1.29 is 8.42 Å². The minimum absolute atomic E-state index is 0.277. The quantitative estimate of drug-likeness (QED) is 0.661. The van der Waals surface area contributed by atoms with Crippen LogP contribution in [-0.4, -0.2) is 43.6 Å². The summed E-state index contributed by atoms with van der Waals surface area (Å²) >= 11 is 0.